The Kier molecular flexibility index (Phi) is 2.75. The topological polar surface area (TPSA) is 63.8 Å². The number of nitrogens with two attached hydrogens (primary N) is 1. The second-order valence-electron chi connectivity index (χ2n) is 4.27. The van der Waals surface area contributed by atoms with Gasteiger partial charge < -0.3 is 11.1 Å². The first kappa shape index (κ1) is 10.2. The first-order chi connectivity index (χ1) is 7.22. The molecule has 2 unspecified atom stereocenters. The van der Waals surface area contributed by atoms with Gasteiger partial charge in [-0.15, -0.1) is 0 Å². The van der Waals surface area contributed by atoms with Crippen molar-refractivity contribution >= 4 is 11.6 Å². The maximum absolute atomic E-state index is 5.72. The van der Waals surface area contributed by atoms with Crippen molar-refractivity contribution in [2.24, 2.45) is 5.92 Å². The molecule has 0 spiro atoms. The molecule has 1 saturated carbocycles. The number of nitrogens with zero attached hydrogens (tertiary/aromatic N) is 2. The van der Waals surface area contributed by atoms with E-state index in [9.17, 15) is 0 Å². The molecule has 1 fully saturated rings. The number of nitrogen functional groups attached to an aromatic ring is 1. The quantitative estimate of drug-likeness (QED) is 0.790. The molecule has 0 bridgehead atoms. The van der Waals surface area contributed by atoms with E-state index in [2.05, 4.69) is 22.2 Å². The molecule has 15 heavy (non-hydrogen) atoms. The molecule has 0 saturated heterocycles. The lowest BCUT2D eigenvalue weighted by atomic mass is 10.2. The van der Waals surface area contributed by atoms with Crippen molar-refractivity contribution in [2.45, 2.75) is 39.2 Å². The summed E-state index contributed by atoms with van der Waals surface area (Å²) in [4.78, 5) is 8.16. The van der Waals surface area contributed by atoms with E-state index in [0.717, 1.165) is 17.3 Å². The van der Waals surface area contributed by atoms with E-state index in [1.807, 2.05) is 6.92 Å². The Morgan fingerprint density at radius 2 is 2.33 bits per heavy atom. The summed E-state index contributed by atoms with van der Waals surface area (Å²) < 4.78 is 0. The Labute approximate surface area is 90.3 Å². The SMILES string of the molecule is CCCC1CC1Nc1ncnc(N)c1C. The Hall–Kier alpha value is -1.32. The van der Waals surface area contributed by atoms with Crippen LogP contribution in [0.3, 0.4) is 0 Å². The van der Waals surface area contributed by atoms with E-state index in [0.29, 0.717) is 11.9 Å². The molecule has 2 atom stereocenters. The van der Waals surface area contributed by atoms with Gasteiger partial charge in [-0.1, -0.05) is 13.3 Å². The van der Waals surface area contributed by atoms with Crippen LogP contribution in [0, 0.1) is 12.8 Å². The van der Waals surface area contributed by atoms with Gasteiger partial charge in [0, 0.05) is 11.6 Å². The highest BCUT2D eigenvalue weighted by molar-refractivity contribution is 5.54. The molecule has 4 nitrogen and oxygen atoms in total. The van der Waals surface area contributed by atoms with E-state index < -0.39 is 0 Å². The third-order valence-corrected chi connectivity index (χ3v) is 3.03. The molecule has 82 valence electrons. The molecule has 4 heteroatoms. The summed E-state index contributed by atoms with van der Waals surface area (Å²) in [6.07, 6.45) is 5.34. The molecule has 0 aromatic carbocycles. The van der Waals surface area contributed by atoms with Crippen LogP contribution >= 0.6 is 0 Å². The van der Waals surface area contributed by atoms with Gasteiger partial charge in [0.2, 0.25) is 0 Å². The number of nitrogens with one attached hydrogen (secondary N) is 1. The lowest BCUT2D eigenvalue weighted by molar-refractivity contribution is 0.692. The number of hydrogen-bond donors (Lipinski definition) is 2. The highest BCUT2D eigenvalue weighted by Crippen LogP contribution is 2.37. The van der Waals surface area contributed by atoms with Gasteiger partial charge >= 0.3 is 0 Å². The summed E-state index contributed by atoms with van der Waals surface area (Å²) in [6.45, 7) is 4.18. The first-order valence-corrected chi connectivity index (χ1v) is 5.56. The monoisotopic (exact) mass is 206 g/mol. The van der Waals surface area contributed by atoms with Crippen molar-refractivity contribution in [1.29, 1.82) is 0 Å². The molecule has 1 aliphatic carbocycles. The van der Waals surface area contributed by atoms with Gasteiger partial charge in [0.1, 0.15) is 18.0 Å². The summed E-state index contributed by atoms with van der Waals surface area (Å²) in [6, 6.07) is 0.595. The van der Waals surface area contributed by atoms with Crippen LogP contribution in [0.15, 0.2) is 6.33 Å². The second-order valence-corrected chi connectivity index (χ2v) is 4.27. The van der Waals surface area contributed by atoms with Crippen LogP contribution in [0.2, 0.25) is 0 Å². The van der Waals surface area contributed by atoms with Crippen LogP contribution in [0.5, 0.6) is 0 Å². The average Bonchev–Trinajstić information content (AvgIpc) is 2.93. The standard InChI is InChI=1S/C11H18N4/c1-3-4-8-5-9(8)15-11-7(2)10(12)13-6-14-11/h6,8-9H,3-5H2,1-2H3,(H3,12,13,14,15). The van der Waals surface area contributed by atoms with Gasteiger partial charge in [0.05, 0.1) is 0 Å². The first-order valence-electron chi connectivity index (χ1n) is 5.56. The maximum atomic E-state index is 5.72. The number of aromatic nitrogens is 2. The fraction of sp³-hybridized carbons (Fsp3) is 0.636. The van der Waals surface area contributed by atoms with Crippen molar-refractivity contribution in [3.8, 4) is 0 Å². The molecular weight excluding hydrogens is 188 g/mol. The molecular formula is C11H18N4. The van der Waals surface area contributed by atoms with Crippen LogP contribution in [0.4, 0.5) is 11.6 Å². The molecule has 1 aromatic rings. The molecule has 3 N–H and O–H groups in total. The van der Waals surface area contributed by atoms with Gasteiger partial charge in [-0.2, -0.15) is 0 Å². The molecule has 0 aliphatic heterocycles. The normalized spacial score (nSPS) is 23.9. The van der Waals surface area contributed by atoms with Crippen LogP contribution in [0.1, 0.15) is 31.7 Å². The van der Waals surface area contributed by atoms with Gasteiger partial charge in [-0.25, -0.2) is 9.97 Å². The van der Waals surface area contributed by atoms with Gasteiger partial charge in [-0.3, -0.25) is 0 Å². The van der Waals surface area contributed by atoms with Crippen LogP contribution in [-0.2, 0) is 0 Å². The predicted octanol–water partition coefficient (Wildman–Crippen LogP) is 1.97. The molecule has 0 amide bonds. The van der Waals surface area contributed by atoms with E-state index in [1.165, 1.54) is 25.6 Å². The largest absolute Gasteiger partial charge is 0.383 e. The van der Waals surface area contributed by atoms with Gasteiger partial charge in [-0.05, 0) is 25.7 Å². The van der Waals surface area contributed by atoms with Gasteiger partial charge in [0.25, 0.3) is 0 Å². The molecule has 2 rings (SSSR count). The molecule has 1 aromatic heterocycles. The second kappa shape index (κ2) is 4.04. The number of rotatable bonds is 4. The summed E-state index contributed by atoms with van der Waals surface area (Å²) in [7, 11) is 0. The highest BCUT2D eigenvalue weighted by atomic mass is 15.1. The molecule has 1 heterocycles. The van der Waals surface area contributed by atoms with E-state index in [4.69, 9.17) is 5.73 Å². The van der Waals surface area contributed by atoms with Crippen molar-refractivity contribution < 1.29 is 0 Å². The van der Waals surface area contributed by atoms with Crippen molar-refractivity contribution in [2.75, 3.05) is 11.1 Å². The van der Waals surface area contributed by atoms with Crippen molar-refractivity contribution in [3.05, 3.63) is 11.9 Å². The average molecular weight is 206 g/mol. The zero-order valence-electron chi connectivity index (χ0n) is 9.33. The highest BCUT2D eigenvalue weighted by Gasteiger charge is 2.36. The van der Waals surface area contributed by atoms with E-state index in [1.54, 1.807) is 0 Å². The van der Waals surface area contributed by atoms with Crippen LogP contribution in [-0.4, -0.2) is 16.0 Å². The molecule has 1 aliphatic rings. The predicted molar refractivity (Wildman–Crippen MR) is 61.6 cm³/mol. The summed E-state index contributed by atoms with van der Waals surface area (Å²) in [5.74, 6) is 2.29. The lowest BCUT2D eigenvalue weighted by Crippen LogP contribution is -2.09. The third kappa shape index (κ3) is 2.19. The molecule has 0 radical (unpaired) electrons. The number of anilines is 2. The zero-order valence-corrected chi connectivity index (χ0v) is 9.33. The third-order valence-electron chi connectivity index (χ3n) is 3.03. The minimum absolute atomic E-state index is 0.570. The summed E-state index contributed by atoms with van der Waals surface area (Å²) in [5, 5.41) is 3.43. The Morgan fingerprint density at radius 1 is 1.53 bits per heavy atom. The zero-order chi connectivity index (χ0) is 10.8. The minimum atomic E-state index is 0.570. The van der Waals surface area contributed by atoms with E-state index >= 15 is 0 Å². The van der Waals surface area contributed by atoms with Crippen molar-refractivity contribution in [3.63, 3.8) is 0 Å². The van der Waals surface area contributed by atoms with Crippen LogP contribution in [0.25, 0.3) is 0 Å². The maximum Gasteiger partial charge on any atom is 0.134 e. The minimum Gasteiger partial charge on any atom is -0.383 e. The van der Waals surface area contributed by atoms with Crippen molar-refractivity contribution in [1.82, 2.24) is 9.97 Å². The lowest BCUT2D eigenvalue weighted by Gasteiger charge is -2.08. The smallest absolute Gasteiger partial charge is 0.134 e. The number of hydrogen-bond acceptors (Lipinski definition) is 4. The Morgan fingerprint density at radius 3 is 3.07 bits per heavy atom. The van der Waals surface area contributed by atoms with Crippen LogP contribution < -0.4 is 11.1 Å². The Bertz CT molecular complexity index is 350. The fourth-order valence-corrected chi connectivity index (χ4v) is 1.90. The summed E-state index contributed by atoms with van der Waals surface area (Å²) >= 11 is 0. The van der Waals surface area contributed by atoms with E-state index in [-0.39, 0.29) is 0 Å². The fourth-order valence-electron chi connectivity index (χ4n) is 1.90. The van der Waals surface area contributed by atoms with Gasteiger partial charge in [0.15, 0.2) is 0 Å². The Balaban J connectivity index is 1.98. The summed E-state index contributed by atoms with van der Waals surface area (Å²) in [5.41, 5.74) is 6.68.